The van der Waals surface area contributed by atoms with E-state index in [2.05, 4.69) is 10.0 Å². The lowest BCUT2D eigenvalue weighted by Gasteiger charge is -2.09. The third-order valence-corrected chi connectivity index (χ3v) is 4.13. The van der Waals surface area contributed by atoms with E-state index in [0.717, 1.165) is 0 Å². The summed E-state index contributed by atoms with van der Waals surface area (Å²) in [7, 11) is -3.76. The van der Waals surface area contributed by atoms with E-state index in [-0.39, 0.29) is 10.8 Å². The molecule has 0 aromatic heterocycles. The number of carbonyl (C=O) groups excluding carboxylic acids is 1. The minimum Gasteiger partial charge on any atom is -0.326 e. The summed E-state index contributed by atoms with van der Waals surface area (Å²) >= 11 is 0. The maximum absolute atomic E-state index is 12.3. The van der Waals surface area contributed by atoms with Crippen LogP contribution in [0.15, 0.2) is 53.4 Å². The van der Waals surface area contributed by atoms with Gasteiger partial charge in [0.25, 0.3) is 10.0 Å². The lowest BCUT2D eigenvalue weighted by atomic mass is 10.2. The molecular weight excluding hydrogens is 302 g/mol. The van der Waals surface area contributed by atoms with Crippen LogP contribution < -0.4 is 10.0 Å². The van der Waals surface area contributed by atoms with Crippen LogP contribution in [0.3, 0.4) is 0 Å². The van der Waals surface area contributed by atoms with Crippen LogP contribution in [0.25, 0.3) is 0 Å². The standard InChI is InChI=1S/C15H13N3O3S/c1-11(19)17-13-5-7-15(8-6-13)22(20,21)18-14-4-2-3-12(9-14)10-16/h2-9,18H,1H3,(H,17,19). The van der Waals surface area contributed by atoms with Crippen LogP contribution in [0.1, 0.15) is 12.5 Å². The van der Waals surface area contributed by atoms with Crippen molar-refractivity contribution in [2.45, 2.75) is 11.8 Å². The largest absolute Gasteiger partial charge is 0.326 e. The first-order valence-electron chi connectivity index (χ1n) is 6.31. The normalized spacial score (nSPS) is 10.5. The van der Waals surface area contributed by atoms with Gasteiger partial charge >= 0.3 is 0 Å². The third kappa shape index (κ3) is 3.84. The quantitative estimate of drug-likeness (QED) is 0.904. The van der Waals surface area contributed by atoms with Crippen LogP contribution in [0.5, 0.6) is 0 Å². The van der Waals surface area contributed by atoms with Gasteiger partial charge in [-0.25, -0.2) is 8.42 Å². The number of hydrogen-bond donors (Lipinski definition) is 2. The third-order valence-electron chi connectivity index (χ3n) is 2.73. The molecule has 0 heterocycles. The van der Waals surface area contributed by atoms with Crippen molar-refractivity contribution in [1.82, 2.24) is 0 Å². The van der Waals surface area contributed by atoms with Gasteiger partial charge in [0.1, 0.15) is 0 Å². The summed E-state index contributed by atoms with van der Waals surface area (Å²) in [6.45, 7) is 1.37. The van der Waals surface area contributed by atoms with Crippen LogP contribution in [-0.2, 0) is 14.8 Å². The Kier molecular flexibility index (Phi) is 4.44. The zero-order valence-corrected chi connectivity index (χ0v) is 12.5. The second-order valence-electron chi connectivity index (χ2n) is 4.50. The van der Waals surface area contributed by atoms with Crippen LogP contribution in [0.2, 0.25) is 0 Å². The summed E-state index contributed by atoms with van der Waals surface area (Å²) in [6.07, 6.45) is 0. The van der Waals surface area contributed by atoms with Gasteiger partial charge in [0.05, 0.1) is 22.2 Å². The topological polar surface area (TPSA) is 99.1 Å². The molecule has 7 heteroatoms. The molecule has 0 aliphatic rings. The molecule has 0 spiro atoms. The molecule has 0 atom stereocenters. The Morgan fingerprint density at radius 2 is 1.77 bits per heavy atom. The van der Waals surface area contributed by atoms with Crippen molar-refractivity contribution in [2.24, 2.45) is 0 Å². The summed E-state index contributed by atoms with van der Waals surface area (Å²) < 4.78 is 26.9. The molecule has 2 aromatic carbocycles. The van der Waals surface area contributed by atoms with Crippen molar-refractivity contribution in [2.75, 3.05) is 10.0 Å². The highest BCUT2D eigenvalue weighted by atomic mass is 32.2. The fourth-order valence-corrected chi connectivity index (χ4v) is 2.84. The molecule has 112 valence electrons. The van der Waals surface area contributed by atoms with Gasteiger partial charge < -0.3 is 5.32 Å². The summed E-state index contributed by atoms with van der Waals surface area (Å²) in [5.74, 6) is -0.234. The number of rotatable bonds is 4. The Labute approximate surface area is 128 Å². The van der Waals surface area contributed by atoms with E-state index in [9.17, 15) is 13.2 Å². The van der Waals surface area contributed by atoms with Gasteiger partial charge in [0, 0.05) is 12.6 Å². The first-order valence-corrected chi connectivity index (χ1v) is 7.80. The SMILES string of the molecule is CC(=O)Nc1ccc(S(=O)(=O)Nc2cccc(C#N)c2)cc1. The summed E-state index contributed by atoms with van der Waals surface area (Å²) in [6, 6.07) is 13.9. The monoisotopic (exact) mass is 315 g/mol. The van der Waals surface area contributed by atoms with Crippen LogP contribution in [0, 0.1) is 11.3 Å². The highest BCUT2D eigenvalue weighted by Crippen LogP contribution is 2.19. The van der Waals surface area contributed by atoms with E-state index in [4.69, 9.17) is 5.26 Å². The Morgan fingerprint density at radius 3 is 2.36 bits per heavy atom. The summed E-state index contributed by atoms with van der Waals surface area (Å²) in [5.41, 5.74) is 1.18. The number of carbonyl (C=O) groups is 1. The highest BCUT2D eigenvalue weighted by Gasteiger charge is 2.14. The number of nitrogens with zero attached hydrogens (tertiary/aromatic N) is 1. The number of amides is 1. The van der Waals surface area contributed by atoms with Gasteiger partial charge in [0.2, 0.25) is 5.91 Å². The van der Waals surface area contributed by atoms with Crippen molar-refractivity contribution < 1.29 is 13.2 Å². The molecule has 0 fully saturated rings. The smallest absolute Gasteiger partial charge is 0.261 e. The molecule has 0 aliphatic carbocycles. The molecule has 2 rings (SSSR count). The highest BCUT2D eigenvalue weighted by molar-refractivity contribution is 7.92. The zero-order chi connectivity index (χ0) is 16.2. The van der Waals surface area contributed by atoms with Crippen molar-refractivity contribution >= 4 is 27.3 Å². The number of nitrogens with one attached hydrogen (secondary N) is 2. The average Bonchev–Trinajstić information content (AvgIpc) is 2.47. The van der Waals surface area contributed by atoms with E-state index >= 15 is 0 Å². The molecule has 0 aliphatic heterocycles. The maximum Gasteiger partial charge on any atom is 0.261 e. The molecule has 0 saturated carbocycles. The molecule has 0 saturated heterocycles. The van der Waals surface area contributed by atoms with E-state index in [0.29, 0.717) is 16.9 Å². The molecule has 0 bridgehead atoms. The lowest BCUT2D eigenvalue weighted by molar-refractivity contribution is -0.114. The molecule has 2 N–H and O–H groups in total. The van der Waals surface area contributed by atoms with E-state index in [1.807, 2.05) is 6.07 Å². The number of anilines is 2. The van der Waals surface area contributed by atoms with Gasteiger partial charge in [-0.2, -0.15) is 5.26 Å². The van der Waals surface area contributed by atoms with E-state index in [1.54, 1.807) is 18.2 Å². The van der Waals surface area contributed by atoms with Crippen molar-refractivity contribution in [3.63, 3.8) is 0 Å². The Balaban J connectivity index is 2.23. The first kappa shape index (κ1) is 15.5. The molecule has 0 unspecified atom stereocenters. The summed E-state index contributed by atoms with van der Waals surface area (Å²) in [4.78, 5) is 11.0. The Bertz CT molecular complexity index is 837. The van der Waals surface area contributed by atoms with Crippen molar-refractivity contribution in [1.29, 1.82) is 5.26 Å². The second kappa shape index (κ2) is 6.28. The predicted octanol–water partition coefficient (Wildman–Crippen LogP) is 2.32. The Morgan fingerprint density at radius 1 is 1.09 bits per heavy atom. The molecule has 6 nitrogen and oxygen atoms in total. The number of sulfonamides is 1. The number of nitriles is 1. The van der Waals surface area contributed by atoms with Crippen LogP contribution >= 0.6 is 0 Å². The Hall–Kier alpha value is -2.85. The number of hydrogen-bond acceptors (Lipinski definition) is 4. The molecular formula is C15H13N3O3S. The average molecular weight is 315 g/mol. The fourth-order valence-electron chi connectivity index (χ4n) is 1.79. The van der Waals surface area contributed by atoms with Gasteiger partial charge in [-0.1, -0.05) is 6.07 Å². The van der Waals surface area contributed by atoms with Gasteiger partial charge in [-0.3, -0.25) is 9.52 Å². The molecule has 1 amide bonds. The lowest BCUT2D eigenvalue weighted by Crippen LogP contribution is -2.13. The van der Waals surface area contributed by atoms with E-state index < -0.39 is 10.0 Å². The van der Waals surface area contributed by atoms with Crippen molar-refractivity contribution in [3.8, 4) is 6.07 Å². The van der Waals surface area contributed by atoms with Crippen LogP contribution in [-0.4, -0.2) is 14.3 Å². The van der Waals surface area contributed by atoms with Crippen molar-refractivity contribution in [3.05, 3.63) is 54.1 Å². The van der Waals surface area contributed by atoms with Gasteiger partial charge in [-0.15, -0.1) is 0 Å². The number of benzene rings is 2. The fraction of sp³-hybridized carbons (Fsp3) is 0.0667. The van der Waals surface area contributed by atoms with Gasteiger partial charge in [-0.05, 0) is 42.5 Å². The summed E-state index contributed by atoms with van der Waals surface area (Å²) in [5, 5.41) is 11.4. The second-order valence-corrected chi connectivity index (χ2v) is 6.19. The van der Waals surface area contributed by atoms with Gasteiger partial charge in [0.15, 0.2) is 0 Å². The first-order chi connectivity index (χ1) is 10.4. The van der Waals surface area contributed by atoms with E-state index in [1.165, 1.54) is 37.3 Å². The maximum atomic E-state index is 12.3. The molecule has 22 heavy (non-hydrogen) atoms. The molecule has 2 aromatic rings. The zero-order valence-electron chi connectivity index (χ0n) is 11.7. The predicted molar refractivity (Wildman–Crippen MR) is 82.7 cm³/mol. The van der Waals surface area contributed by atoms with Crippen LogP contribution in [0.4, 0.5) is 11.4 Å². The minimum absolute atomic E-state index is 0.0592. The minimum atomic E-state index is -3.76. The molecule has 0 radical (unpaired) electrons.